The van der Waals surface area contributed by atoms with E-state index in [1.54, 1.807) is 0 Å². The first kappa shape index (κ1) is 9.26. The minimum Gasteiger partial charge on any atom is -0.345 e. The first-order valence-corrected chi connectivity index (χ1v) is 4.38. The number of nitrogens with zero attached hydrogens (tertiary/aromatic N) is 1. The maximum atomic E-state index is 5.57. The highest BCUT2D eigenvalue weighted by atomic mass is 14.9. The van der Waals surface area contributed by atoms with Gasteiger partial charge in [0.05, 0.1) is 11.4 Å². The van der Waals surface area contributed by atoms with E-state index >= 15 is 0 Å². The van der Waals surface area contributed by atoms with Gasteiger partial charge in [-0.25, -0.2) is 4.98 Å². The Kier molecular flexibility index (Phi) is 2.87. The number of H-pyrrole nitrogens is 1. The third kappa shape index (κ3) is 2.08. The molecule has 0 bridgehead atoms. The molecule has 12 heavy (non-hydrogen) atoms. The van der Waals surface area contributed by atoms with Crippen molar-refractivity contribution < 1.29 is 0 Å². The van der Waals surface area contributed by atoms with E-state index in [2.05, 4.69) is 23.8 Å². The molecule has 3 N–H and O–H groups in total. The summed E-state index contributed by atoms with van der Waals surface area (Å²) in [6, 6.07) is 0. The zero-order valence-corrected chi connectivity index (χ0v) is 8.02. The molecule has 1 rings (SSSR count). The number of hydrogen-bond acceptors (Lipinski definition) is 2. The van der Waals surface area contributed by atoms with E-state index in [4.69, 9.17) is 5.73 Å². The number of aromatic nitrogens is 2. The average molecular weight is 167 g/mol. The monoisotopic (exact) mass is 167 g/mol. The van der Waals surface area contributed by atoms with Gasteiger partial charge >= 0.3 is 0 Å². The summed E-state index contributed by atoms with van der Waals surface area (Å²) in [7, 11) is 0. The molecule has 0 amide bonds. The van der Waals surface area contributed by atoms with Crippen LogP contribution in [0.2, 0.25) is 0 Å². The highest BCUT2D eigenvalue weighted by Gasteiger charge is 2.07. The van der Waals surface area contributed by atoms with Gasteiger partial charge in [-0.05, 0) is 19.3 Å². The van der Waals surface area contributed by atoms with E-state index in [0.717, 1.165) is 23.6 Å². The molecule has 0 aliphatic rings. The molecule has 3 heteroatoms. The number of nitrogens with two attached hydrogens (primary N) is 1. The van der Waals surface area contributed by atoms with E-state index in [-0.39, 0.29) is 0 Å². The molecule has 0 spiro atoms. The SMILES string of the molecule is Cc1nc(CC(C)C)c(CN)[nH]1. The smallest absolute Gasteiger partial charge is 0.103 e. The van der Waals surface area contributed by atoms with E-state index in [0.29, 0.717) is 12.5 Å². The van der Waals surface area contributed by atoms with Crippen LogP contribution in [-0.2, 0) is 13.0 Å². The molecular formula is C9H17N3. The first-order chi connectivity index (χ1) is 5.63. The van der Waals surface area contributed by atoms with Crippen LogP contribution in [0.3, 0.4) is 0 Å². The molecule has 0 aliphatic carbocycles. The molecule has 3 nitrogen and oxygen atoms in total. The minimum absolute atomic E-state index is 0.558. The van der Waals surface area contributed by atoms with E-state index in [1.165, 1.54) is 0 Å². The second-order valence-corrected chi connectivity index (χ2v) is 3.55. The van der Waals surface area contributed by atoms with Crippen LogP contribution < -0.4 is 5.73 Å². The lowest BCUT2D eigenvalue weighted by Crippen LogP contribution is -2.03. The maximum absolute atomic E-state index is 5.57. The zero-order chi connectivity index (χ0) is 9.14. The average Bonchev–Trinajstić information content (AvgIpc) is 2.29. The lowest BCUT2D eigenvalue weighted by atomic mass is 10.1. The Labute approximate surface area is 73.4 Å². The topological polar surface area (TPSA) is 54.7 Å². The zero-order valence-electron chi connectivity index (χ0n) is 8.02. The number of rotatable bonds is 3. The van der Waals surface area contributed by atoms with Crippen molar-refractivity contribution in [1.29, 1.82) is 0 Å². The lowest BCUT2D eigenvalue weighted by molar-refractivity contribution is 0.632. The van der Waals surface area contributed by atoms with Crippen LogP contribution in [0.5, 0.6) is 0 Å². The van der Waals surface area contributed by atoms with Crippen LogP contribution in [0.15, 0.2) is 0 Å². The third-order valence-electron chi connectivity index (χ3n) is 1.79. The van der Waals surface area contributed by atoms with Gasteiger partial charge in [-0.1, -0.05) is 13.8 Å². The molecule has 0 unspecified atom stereocenters. The standard InChI is InChI=1S/C9H17N3/c1-6(2)4-8-9(5-10)12-7(3)11-8/h6H,4-5,10H2,1-3H3,(H,11,12). The van der Waals surface area contributed by atoms with Crippen molar-refractivity contribution in [3.05, 3.63) is 17.2 Å². The van der Waals surface area contributed by atoms with Crippen molar-refractivity contribution in [3.8, 4) is 0 Å². The first-order valence-electron chi connectivity index (χ1n) is 4.38. The van der Waals surface area contributed by atoms with Gasteiger partial charge in [0.25, 0.3) is 0 Å². The van der Waals surface area contributed by atoms with E-state index in [9.17, 15) is 0 Å². The third-order valence-corrected chi connectivity index (χ3v) is 1.79. The maximum Gasteiger partial charge on any atom is 0.103 e. The highest BCUT2D eigenvalue weighted by Crippen LogP contribution is 2.10. The van der Waals surface area contributed by atoms with Crippen LogP contribution in [-0.4, -0.2) is 9.97 Å². The fraction of sp³-hybridized carbons (Fsp3) is 0.667. The highest BCUT2D eigenvalue weighted by molar-refractivity contribution is 5.14. The number of aromatic amines is 1. The molecule has 0 radical (unpaired) electrons. The van der Waals surface area contributed by atoms with Crippen molar-refractivity contribution in [3.63, 3.8) is 0 Å². The summed E-state index contributed by atoms with van der Waals surface area (Å²) in [5.41, 5.74) is 7.78. The predicted molar refractivity (Wildman–Crippen MR) is 49.8 cm³/mol. The predicted octanol–water partition coefficient (Wildman–Crippen LogP) is 1.38. The Morgan fingerprint density at radius 2 is 2.17 bits per heavy atom. The molecular weight excluding hydrogens is 150 g/mol. The van der Waals surface area contributed by atoms with Gasteiger partial charge in [0.2, 0.25) is 0 Å². The number of imidazole rings is 1. The Morgan fingerprint density at radius 3 is 2.67 bits per heavy atom. The molecule has 0 saturated heterocycles. The summed E-state index contributed by atoms with van der Waals surface area (Å²) < 4.78 is 0. The summed E-state index contributed by atoms with van der Waals surface area (Å²) in [6.45, 7) is 6.89. The van der Waals surface area contributed by atoms with Crippen molar-refractivity contribution in [2.45, 2.75) is 33.7 Å². The summed E-state index contributed by atoms with van der Waals surface area (Å²) in [4.78, 5) is 7.55. The molecule has 0 aromatic carbocycles. The second-order valence-electron chi connectivity index (χ2n) is 3.55. The quantitative estimate of drug-likeness (QED) is 0.714. The van der Waals surface area contributed by atoms with Gasteiger partial charge in [-0.2, -0.15) is 0 Å². The number of aryl methyl sites for hydroxylation is 1. The summed E-state index contributed by atoms with van der Waals surface area (Å²) in [5.74, 6) is 1.60. The van der Waals surface area contributed by atoms with Crippen LogP contribution in [0.25, 0.3) is 0 Å². The largest absolute Gasteiger partial charge is 0.345 e. The molecule has 68 valence electrons. The number of hydrogen-bond donors (Lipinski definition) is 2. The second kappa shape index (κ2) is 3.72. The fourth-order valence-corrected chi connectivity index (χ4v) is 1.31. The van der Waals surface area contributed by atoms with Crippen LogP contribution in [0, 0.1) is 12.8 Å². The molecule has 0 fully saturated rings. The molecule has 1 heterocycles. The van der Waals surface area contributed by atoms with Gasteiger partial charge in [-0.15, -0.1) is 0 Å². The number of nitrogens with one attached hydrogen (secondary N) is 1. The van der Waals surface area contributed by atoms with Crippen LogP contribution in [0.1, 0.15) is 31.1 Å². The summed E-state index contributed by atoms with van der Waals surface area (Å²) in [5, 5.41) is 0. The van der Waals surface area contributed by atoms with Crippen LogP contribution in [0.4, 0.5) is 0 Å². The molecule has 1 aromatic rings. The Bertz CT molecular complexity index is 250. The van der Waals surface area contributed by atoms with Crippen molar-refractivity contribution >= 4 is 0 Å². The fourth-order valence-electron chi connectivity index (χ4n) is 1.31. The minimum atomic E-state index is 0.558. The van der Waals surface area contributed by atoms with Crippen molar-refractivity contribution in [1.82, 2.24) is 9.97 Å². The van der Waals surface area contributed by atoms with Gasteiger partial charge in [0.1, 0.15) is 5.82 Å². The molecule has 0 aliphatic heterocycles. The van der Waals surface area contributed by atoms with E-state index in [1.807, 2.05) is 6.92 Å². The normalized spacial score (nSPS) is 11.1. The van der Waals surface area contributed by atoms with E-state index < -0.39 is 0 Å². The summed E-state index contributed by atoms with van der Waals surface area (Å²) >= 11 is 0. The van der Waals surface area contributed by atoms with Crippen molar-refractivity contribution in [2.75, 3.05) is 0 Å². The van der Waals surface area contributed by atoms with Gasteiger partial charge < -0.3 is 10.7 Å². The summed E-state index contributed by atoms with van der Waals surface area (Å²) in [6.07, 6.45) is 1.01. The molecule has 0 saturated carbocycles. The van der Waals surface area contributed by atoms with Gasteiger partial charge in [0.15, 0.2) is 0 Å². The van der Waals surface area contributed by atoms with Crippen LogP contribution >= 0.6 is 0 Å². The Hall–Kier alpha value is -0.830. The van der Waals surface area contributed by atoms with Gasteiger partial charge in [-0.3, -0.25) is 0 Å². The Morgan fingerprint density at radius 1 is 1.50 bits per heavy atom. The lowest BCUT2D eigenvalue weighted by Gasteiger charge is -2.02. The van der Waals surface area contributed by atoms with Gasteiger partial charge in [0, 0.05) is 6.54 Å². The molecule has 0 atom stereocenters. The Balaban J connectivity index is 2.81. The van der Waals surface area contributed by atoms with Crippen molar-refractivity contribution in [2.24, 2.45) is 11.7 Å². The molecule has 1 aromatic heterocycles.